The summed E-state index contributed by atoms with van der Waals surface area (Å²) in [5.74, 6) is -1.07. The number of hydrogen-bond acceptors (Lipinski definition) is 2. The molecule has 0 unspecified atom stereocenters. The lowest BCUT2D eigenvalue weighted by atomic mass is 10.2. The Morgan fingerprint density at radius 3 is 2.76 bits per heavy atom. The van der Waals surface area contributed by atoms with E-state index in [-0.39, 0.29) is 0 Å². The third kappa shape index (κ3) is 4.86. The number of amides is 2. The number of nitrogens with one attached hydrogen (secondary N) is 2. The number of benzene rings is 1. The van der Waals surface area contributed by atoms with Crippen molar-refractivity contribution in [3.05, 3.63) is 34.3 Å². The third-order valence-corrected chi connectivity index (χ3v) is 2.55. The second-order valence-corrected chi connectivity index (χ2v) is 4.43. The Morgan fingerprint density at radius 2 is 2.18 bits per heavy atom. The molecular weight excluding hydrogens is 288 g/mol. The second-order valence-electron chi connectivity index (χ2n) is 3.52. The van der Waals surface area contributed by atoms with E-state index >= 15 is 0 Å². The number of aliphatic carboxylic acids is 1. The molecular formula is C11H13BrN2O3. The summed E-state index contributed by atoms with van der Waals surface area (Å²) in [6, 6.07) is 6.08. The number of carbonyl (C=O) groups excluding carboxylic acids is 1. The molecule has 0 aliphatic rings. The number of halogens is 1. The number of carbonyl (C=O) groups is 2. The van der Waals surface area contributed by atoms with Crippen LogP contribution in [0.15, 0.2) is 28.7 Å². The van der Waals surface area contributed by atoms with Gasteiger partial charge in [0.05, 0.1) is 0 Å². The summed E-state index contributed by atoms with van der Waals surface area (Å²) in [5.41, 5.74) is 0.928. The first kappa shape index (κ1) is 13.5. The van der Waals surface area contributed by atoms with Crippen LogP contribution in [0.4, 0.5) is 4.79 Å². The first-order valence-corrected chi connectivity index (χ1v) is 5.80. The van der Waals surface area contributed by atoms with E-state index in [1.54, 1.807) is 0 Å². The Kier molecular flexibility index (Phi) is 4.96. The molecule has 0 spiro atoms. The number of hydrogen-bond donors (Lipinski definition) is 3. The molecule has 0 aliphatic heterocycles. The highest BCUT2D eigenvalue weighted by molar-refractivity contribution is 9.10. The summed E-state index contributed by atoms with van der Waals surface area (Å²) in [7, 11) is 0. The summed E-state index contributed by atoms with van der Waals surface area (Å²) in [6.45, 7) is 1.75. The van der Waals surface area contributed by atoms with E-state index in [1.165, 1.54) is 6.92 Å². The van der Waals surface area contributed by atoms with Crippen LogP contribution < -0.4 is 10.6 Å². The molecule has 0 fully saturated rings. The SMILES string of the molecule is C[C@@H](NC(=O)NCc1cccc(Br)c1)C(=O)O. The fourth-order valence-corrected chi connectivity index (χ4v) is 1.59. The zero-order valence-electron chi connectivity index (χ0n) is 9.24. The van der Waals surface area contributed by atoms with Crippen LogP contribution >= 0.6 is 15.9 Å². The number of carboxylic acid groups (broad SMARTS) is 1. The van der Waals surface area contributed by atoms with Crippen LogP contribution in [-0.2, 0) is 11.3 Å². The number of carboxylic acids is 1. The van der Waals surface area contributed by atoms with Crippen molar-refractivity contribution in [2.75, 3.05) is 0 Å². The molecule has 0 saturated carbocycles. The smallest absolute Gasteiger partial charge is 0.325 e. The molecule has 1 aromatic carbocycles. The molecule has 1 atom stereocenters. The van der Waals surface area contributed by atoms with Gasteiger partial charge in [-0.25, -0.2) is 4.79 Å². The molecule has 0 heterocycles. The predicted octanol–water partition coefficient (Wildman–Crippen LogP) is 1.72. The van der Waals surface area contributed by atoms with Crippen LogP contribution in [0.25, 0.3) is 0 Å². The van der Waals surface area contributed by atoms with E-state index in [0.717, 1.165) is 10.0 Å². The minimum Gasteiger partial charge on any atom is -0.480 e. The molecule has 92 valence electrons. The van der Waals surface area contributed by atoms with Gasteiger partial charge in [-0.2, -0.15) is 0 Å². The number of rotatable bonds is 4. The summed E-state index contributed by atoms with van der Waals surface area (Å²) in [5, 5.41) is 13.5. The largest absolute Gasteiger partial charge is 0.480 e. The first-order valence-electron chi connectivity index (χ1n) is 5.00. The minimum absolute atomic E-state index is 0.345. The summed E-state index contributed by atoms with van der Waals surface area (Å²) < 4.78 is 0.927. The monoisotopic (exact) mass is 300 g/mol. The molecule has 0 aromatic heterocycles. The van der Waals surface area contributed by atoms with Gasteiger partial charge in [-0.15, -0.1) is 0 Å². The van der Waals surface area contributed by atoms with E-state index in [9.17, 15) is 9.59 Å². The van der Waals surface area contributed by atoms with Crippen LogP contribution in [-0.4, -0.2) is 23.1 Å². The average molecular weight is 301 g/mol. The standard InChI is InChI=1S/C11H13BrN2O3/c1-7(10(15)16)14-11(17)13-6-8-3-2-4-9(12)5-8/h2-5,7H,6H2,1H3,(H,15,16)(H2,13,14,17)/t7-/m1/s1. The molecule has 0 bridgehead atoms. The fraction of sp³-hybridized carbons (Fsp3) is 0.273. The molecule has 5 nitrogen and oxygen atoms in total. The molecule has 0 radical (unpaired) electrons. The molecule has 1 aromatic rings. The molecule has 2 amide bonds. The van der Waals surface area contributed by atoms with Gasteiger partial charge in [0.1, 0.15) is 6.04 Å². The van der Waals surface area contributed by atoms with E-state index in [4.69, 9.17) is 5.11 Å². The molecule has 0 saturated heterocycles. The zero-order chi connectivity index (χ0) is 12.8. The topological polar surface area (TPSA) is 78.4 Å². The van der Waals surface area contributed by atoms with E-state index in [2.05, 4.69) is 26.6 Å². The Labute approximate surface area is 107 Å². The van der Waals surface area contributed by atoms with Crippen molar-refractivity contribution in [2.45, 2.75) is 19.5 Å². The molecule has 6 heteroatoms. The van der Waals surface area contributed by atoms with Gasteiger partial charge in [0.2, 0.25) is 0 Å². The molecule has 0 aliphatic carbocycles. The lowest BCUT2D eigenvalue weighted by Crippen LogP contribution is -2.44. The Bertz CT molecular complexity index is 423. The van der Waals surface area contributed by atoms with Gasteiger partial charge in [0.25, 0.3) is 0 Å². The fourth-order valence-electron chi connectivity index (χ4n) is 1.14. The van der Waals surface area contributed by atoms with Gasteiger partial charge < -0.3 is 15.7 Å². The van der Waals surface area contributed by atoms with Gasteiger partial charge in [0, 0.05) is 11.0 Å². The minimum atomic E-state index is -1.07. The van der Waals surface area contributed by atoms with Gasteiger partial charge in [-0.1, -0.05) is 28.1 Å². The maximum atomic E-state index is 11.3. The van der Waals surface area contributed by atoms with E-state index in [1.807, 2.05) is 24.3 Å². The van der Waals surface area contributed by atoms with Gasteiger partial charge in [-0.3, -0.25) is 4.79 Å². The van der Waals surface area contributed by atoms with Crippen molar-refractivity contribution >= 4 is 27.9 Å². The van der Waals surface area contributed by atoms with Crippen LogP contribution in [0.2, 0.25) is 0 Å². The summed E-state index contributed by atoms with van der Waals surface area (Å²) >= 11 is 3.32. The normalized spacial score (nSPS) is 11.6. The quantitative estimate of drug-likeness (QED) is 0.792. The van der Waals surface area contributed by atoms with E-state index in [0.29, 0.717) is 6.54 Å². The lowest BCUT2D eigenvalue weighted by molar-refractivity contribution is -0.138. The van der Waals surface area contributed by atoms with Crippen molar-refractivity contribution in [2.24, 2.45) is 0 Å². The Morgan fingerprint density at radius 1 is 1.47 bits per heavy atom. The first-order chi connectivity index (χ1) is 7.99. The van der Waals surface area contributed by atoms with Crippen molar-refractivity contribution < 1.29 is 14.7 Å². The van der Waals surface area contributed by atoms with E-state index < -0.39 is 18.0 Å². The Hall–Kier alpha value is -1.56. The highest BCUT2D eigenvalue weighted by Gasteiger charge is 2.13. The second kappa shape index (κ2) is 6.24. The molecule has 17 heavy (non-hydrogen) atoms. The highest BCUT2D eigenvalue weighted by Crippen LogP contribution is 2.11. The predicted molar refractivity (Wildman–Crippen MR) is 66.6 cm³/mol. The van der Waals surface area contributed by atoms with Crippen molar-refractivity contribution in [3.63, 3.8) is 0 Å². The summed E-state index contributed by atoms with van der Waals surface area (Å²) in [4.78, 5) is 21.8. The maximum Gasteiger partial charge on any atom is 0.325 e. The average Bonchev–Trinajstić information content (AvgIpc) is 2.26. The van der Waals surface area contributed by atoms with Gasteiger partial charge in [0.15, 0.2) is 0 Å². The maximum absolute atomic E-state index is 11.3. The Balaban J connectivity index is 2.41. The summed E-state index contributed by atoms with van der Waals surface area (Å²) in [6.07, 6.45) is 0. The molecule has 3 N–H and O–H groups in total. The number of urea groups is 1. The van der Waals surface area contributed by atoms with Gasteiger partial charge in [-0.05, 0) is 24.6 Å². The van der Waals surface area contributed by atoms with Gasteiger partial charge >= 0.3 is 12.0 Å². The molecule has 1 rings (SSSR count). The van der Waals surface area contributed by atoms with Crippen molar-refractivity contribution in [3.8, 4) is 0 Å². The highest BCUT2D eigenvalue weighted by atomic mass is 79.9. The van der Waals surface area contributed by atoms with Crippen LogP contribution in [0.1, 0.15) is 12.5 Å². The zero-order valence-corrected chi connectivity index (χ0v) is 10.8. The van der Waals surface area contributed by atoms with Crippen molar-refractivity contribution in [1.82, 2.24) is 10.6 Å². The third-order valence-electron chi connectivity index (χ3n) is 2.06. The van der Waals surface area contributed by atoms with Crippen LogP contribution in [0.5, 0.6) is 0 Å². The van der Waals surface area contributed by atoms with Crippen molar-refractivity contribution in [1.29, 1.82) is 0 Å². The van der Waals surface area contributed by atoms with Crippen LogP contribution in [0.3, 0.4) is 0 Å². The van der Waals surface area contributed by atoms with Crippen LogP contribution in [0, 0.1) is 0 Å². The lowest BCUT2D eigenvalue weighted by Gasteiger charge is -2.10.